The Kier molecular flexibility index (Phi) is 4.95. The third-order valence-electron chi connectivity index (χ3n) is 5.11. The number of thiophene rings is 1. The molecule has 0 aliphatic carbocycles. The quantitative estimate of drug-likeness (QED) is 0.331. The van der Waals surface area contributed by atoms with E-state index in [2.05, 4.69) is 10.6 Å². The van der Waals surface area contributed by atoms with Gasteiger partial charge in [-0.15, -0.1) is 11.3 Å². The van der Waals surface area contributed by atoms with Crippen molar-refractivity contribution in [1.82, 2.24) is 10.2 Å². The van der Waals surface area contributed by atoms with Gasteiger partial charge in [-0.05, 0) is 24.1 Å². The first-order valence-electron chi connectivity index (χ1n) is 9.02. The summed E-state index contributed by atoms with van der Waals surface area (Å²) in [4.78, 5) is 60.9. The van der Waals surface area contributed by atoms with Crippen LogP contribution in [0.5, 0.6) is 5.75 Å². The predicted molar refractivity (Wildman–Crippen MR) is 105 cm³/mol. The summed E-state index contributed by atoms with van der Waals surface area (Å²) >= 11 is 0.954. The lowest BCUT2D eigenvalue weighted by Crippen LogP contribution is -2.46. The molecule has 3 heterocycles. The molecule has 0 saturated heterocycles. The van der Waals surface area contributed by atoms with Gasteiger partial charge in [-0.1, -0.05) is 6.07 Å². The number of aromatic hydroxyl groups is 1. The fraction of sp³-hybridized carbons (Fsp3) is 0.211. The van der Waals surface area contributed by atoms with Crippen LogP contribution >= 0.6 is 11.3 Å². The zero-order chi connectivity index (χ0) is 22.4. The number of carboxylic acids is 2. The Morgan fingerprint density at radius 2 is 1.94 bits per heavy atom. The van der Waals surface area contributed by atoms with Crippen molar-refractivity contribution in [2.45, 2.75) is 19.0 Å². The minimum Gasteiger partial charge on any atom is -0.507 e. The maximum atomic E-state index is 12.6. The third-order valence-corrected chi connectivity index (χ3v) is 6.26. The molecule has 4 rings (SSSR count). The second-order valence-electron chi connectivity index (χ2n) is 6.97. The average molecular weight is 445 g/mol. The summed E-state index contributed by atoms with van der Waals surface area (Å²) in [6.07, 6.45) is 0.135. The number of phenols is 1. The molecule has 0 radical (unpaired) electrons. The Balaban J connectivity index is 1.58. The number of imide groups is 1. The van der Waals surface area contributed by atoms with Gasteiger partial charge >= 0.3 is 17.8 Å². The molecule has 31 heavy (non-hydrogen) atoms. The zero-order valence-corrected chi connectivity index (χ0v) is 16.5. The van der Waals surface area contributed by atoms with Gasteiger partial charge in [0.15, 0.2) is 0 Å². The molecule has 3 amide bonds. The lowest BCUT2D eigenvalue weighted by molar-refractivity contribution is -0.147. The molecule has 160 valence electrons. The van der Waals surface area contributed by atoms with Gasteiger partial charge in [0, 0.05) is 24.0 Å². The molecule has 1 aromatic carbocycles. The van der Waals surface area contributed by atoms with Crippen LogP contribution < -0.4 is 10.6 Å². The Morgan fingerprint density at radius 3 is 2.58 bits per heavy atom. The molecule has 0 bridgehead atoms. The van der Waals surface area contributed by atoms with Crippen LogP contribution in [-0.2, 0) is 22.6 Å². The Labute approximate surface area is 177 Å². The fourth-order valence-electron chi connectivity index (χ4n) is 3.73. The number of carbonyl (C=O) groups is 5. The highest BCUT2D eigenvalue weighted by Crippen LogP contribution is 2.37. The highest BCUT2D eigenvalue weighted by molar-refractivity contribution is 7.17. The van der Waals surface area contributed by atoms with E-state index in [1.807, 2.05) is 0 Å². The largest absolute Gasteiger partial charge is 0.507 e. The van der Waals surface area contributed by atoms with Gasteiger partial charge in [-0.3, -0.25) is 19.3 Å². The normalized spacial score (nSPS) is 17.3. The van der Waals surface area contributed by atoms with E-state index in [-0.39, 0.29) is 47.0 Å². The van der Waals surface area contributed by atoms with Gasteiger partial charge in [0.05, 0.1) is 16.7 Å². The van der Waals surface area contributed by atoms with Crippen LogP contribution in [0, 0.1) is 0 Å². The van der Waals surface area contributed by atoms with Crippen LogP contribution in [0.15, 0.2) is 18.2 Å². The van der Waals surface area contributed by atoms with E-state index >= 15 is 0 Å². The molecule has 1 atom stereocenters. The first-order chi connectivity index (χ1) is 14.7. The van der Waals surface area contributed by atoms with Crippen LogP contribution in [0.4, 0.5) is 5.00 Å². The van der Waals surface area contributed by atoms with Crippen molar-refractivity contribution in [2.75, 3.05) is 11.9 Å². The number of carbonyl (C=O) groups excluding carboxylic acids is 3. The number of nitrogens with zero attached hydrogens (tertiary/aromatic N) is 1. The highest BCUT2D eigenvalue weighted by atomic mass is 32.1. The monoisotopic (exact) mass is 445 g/mol. The first kappa shape index (κ1) is 20.5. The Bertz CT molecular complexity index is 1170. The van der Waals surface area contributed by atoms with E-state index in [1.54, 1.807) is 0 Å². The van der Waals surface area contributed by atoms with Crippen molar-refractivity contribution >= 4 is 46.0 Å². The first-order valence-corrected chi connectivity index (χ1v) is 9.84. The van der Waals surface area contributed by atoms with E-state index < -0.39 is 35.7 Å². The molecular weight excluding hydrogens is 430 g/mol. The van der Waals surface area contributed by atoms with Gasteiger partial charge in [-0.25, -0.2) is 9.59 Å². The molecule has 5 N–H and O–H groups in total. The summed E-state index contributed by atoms with van der Waals surface area (Å²) in [5.74, 6) is -5.90. The number of anilines is 1. The van der Waals surface area contributed by atoms with E-state index in [0.29, 0.717) is 10.4 Å². The predicted octanol–water partition coefficient (Wildman–Crippen LogP) is 0.485. The minimum absolute atomic E-state index is 0.0586. The van der Waals surface area contributed by atoms with Gasteiger partial charge in [0.1, 0.15) is 10.8 Å². The zero-order valence-electron chi connectivity index (χ0n) is 15.7. The number of hydrogen-bond acceptors (Lipinski definition) is 8. The molecule has 2 aliphatic heterocycles. The summed E-state index contributed by atoms with van der Waals surface area (Å²) in [6, 6.07) is 3.75. The molecule has 0 spiro atoms. The van der Waals surface area contributed by atoms with E-state index in [9.17, 15) is 34.2 Å². The minimum atomic E-state index is -1.74. The van der Waals surface area contributed by atoms with E-state index in [1.165, 1.54) is 18.2 Å². The van der Waals surface area contributed by atoms with Crippen molar-refractivity contribution in [2.24, 2.45) is 0 Å². The van der Waals surface area contributed by atoms with Crippen LogP contribution in [0.1, 0.15) is 41.5 Å². The SMILES string of the molecule is O=C(O)C(=O)Nc1sc2c(c1C(=O)O)C[C@@H](CN1C(=O)c3cccc(O)c3C1=O)NC2. The number of phenolic OH excluding ortho intramolecular Hbond substituents is 1. The highest BCUT2D eigenvalue weighted by Gasteiger charge is 2.40. The van der Waals surface area contributed by atoms with Crippen LogP contribution in [-0.4, -0.2) is 62.5 Å². The average Bonchev–Trinajstić information content (AvgIpc) is 3.18. The molecule has 0 unspecified atom stereocenters. The van der Waals surface area contributed by atoms with Crippen LogP contribution in [0.2, 0.25) is 0 Å². The number of benzene rings is 1. The molecule has 0 saturated carbocycles. The number of aliphatic carboxylic acids is 1. The maximum absolute atomic E-state index is 12.6. The number of nitrogens with one attached hydrogen (secondary N) is 2. The second kappa shape index (κ2) is 7.49. The van der Waals surface area contributed by atoms with Gasteiger partial charge in [-0.2, -0.15) is 0 Å². The number of rotatable bonds is 4. The molecular formula is C19H15N3O8S. The molecule has 1 aromatic heterocycles. The summed E-state index contributed by atoms with van der Waals surface area (Å²) in [6.45, 7) is 0.152. The molecule has 2 aromatic rings. The molecule has 0 fully saturated rings. The Morgan fingerprint density at radius 1 is 1.19 bits per heavy atom. The lowest BCUT2D eigenvalue weighted by Gasteiger charge is -2.27. The van der Waals surface area contributed by atoms with Crippen LogP contribution in [0.25, 0.3) is 0 Å². The number of aromatic carboxylic acids is 1. The number of fused-ring (bicyclic) bond motifs is 2. The van der Waals surface area contributed by atoms with Crippen LogP contribution in [0.3, 0.4) is 0 Å². The fourth-order valence-corrected chi connectivity index (χ4v) is 4.90. The topological polar surface area (TPSA) is 173 Å². The molecule has 12 heteroatoms. The number of amides is 3. The molecule has 11 nitrogen and oxygen atoms in total. The van der Waals surface area contributed by atoms with Crippen molar-refractivity contribution in [3.05, 3.63) is 45.3 Å². The summed E-state index contributed by atoms with van der Waals surface area (Å²) in [5, 5.41) is 33.4. The number of hydrogen-bond donors (Lipinski definition) is 5. The Hall–Kier alpha value is -3.77. The van der Waals surface area contributed by atoms with Crippen molar-refractivity contribution < 1.29 is 39.3 Å². The lowest BCUT2D eigenvalue weighted by atomic mass is 9.97. The van der Waals surface area contributed by atoms with Crippen molar-refractivity contribution in [1.29, 1.82) is 0 Å². The number of carboxylic acid groups (broad SMARTS) is 2. The second-order valence-corrected chi connectivity index (χ2v) is 8.08. The van der Waals surface area contributed by atoms with E-state index in [0.717, 1.165) is 16.2 Å². The van der Waals surface area contributed by atoms with E-state index in [4.69, 9.17) is 5.11 Å². The maximum Gasteiger partial charge on any atom is 0.394 e. The van der Waals surface area contributed by atoms with Gasteiger partial charge in [0.2, 0.25) is 0 Å². The van der Waals surface area contributed by atoms with Crippen molar-refractivity contribution in [3.63, 3.8) is 0 Å². The summed E-state index contributed by atoms with van der Waals surface area (Å²) < 4.78 is 0. The smallest absolute Gasteiger partial charge is 0.394 e. The molecule has 2 aliphatic rings. The van der Waals surface area contributed by atoms with Gasteiger partial charge in [0.25, 0.3) is 11.8 Å². The summed E-state index contributed by atoms with van der Waals surface area (Å²) in [5.41, 5.74) is 0.230. The summed E-state index contributed by atoms with van der Waals surface area (Å²) in [7, 11) is 0. The standard InChI is InChI=1S/C19H15N3O8S/c23-10-3-1-2-8-12(10)17(26)22(16(8)25)6-7-4-9-11(5-20-7)31-15(13(9)18(27)28)21-14(24)19(29)30/h1-3,7,20,23H,4-6H2,(H,21,24)(H,27,28)(H,29,30)/t7-/m0/s1. The van der Waals surface area contributed by atoms with Crippen molar-refractivity contribution in [3.8, 4) is 5.75 Å². The van der Waals surface area contributed by atoms with Gasteiger partial charge < -0.3 is 26.0 Å². The third kappa shape index (κ3) is 3.41.